The van der Waals surface area contributed by atoms with Gasteiger partial charge in [-0.1, -0.05) is 65.7 Å². The zero-order valence-electron chi connectivity index (χ0n) is 13.7. The van der Waals surface area contributed by atoms with Crippen molar-refractivity contribution in [1.29, 1.82) is 0 Å². The minimum absolute atomic E-state index is 0.806. The van der Waals surface area contributed by atoms with E-state index < -0.39 is 0 Å². The van der Waals surface area contributed by atoms with Crippen LogP contribution < -0.4 is 5.32 Å². The van der Waals surface area contributed by atoms with Gasteiger partial charge >= 0.3 is 0 Å². The van der Waals surface area contributed by atoms with Crippen LogP contribution in [0.4, 0.5) is 0 Å². The highest BCUT2D eigenvalue weighted by Gasteiger charge is 2.24. The van der Waals surface area contributed by atoms with E-state index in [0.29, 0.717) is 0 Å². The summed E-state index contributed by atoms with van der Waals surface area (Å²) in [6.45, 7) is 8.38. The van der Waals surface area contributed by atoms with Crippen molar-refractivity contribution in [3.05, 3.63) is 0 Å². The molecular weight excluding hydrogens is 230 g/mol. The van der Waals surface area contributed by atoms with E-state index in [4.69, 9.17) is 0 Å². The van der Waals surface area contributed by atoms with Crippen molar-refractivity contribution in [2.45, 2.75) is 97.4 Å². The lowest BCUT2D eigenvalue weighted by molar-refractivity contribution is 0.228. The van der Waals surface area contributed by atoms with Crippen LogP contribution in [-0.2, 0) is 0 Å². The number of nitrogens with one attached hydrogen (secondary N) is 1. The van der Waals surface area contributed by atoms with E-state index in [0.717, 1.165) is 17.9 Å². The van der Waals surface area contributed by atoms with Crippen molar-refractivity contribution in [2.24, 2.45) is 11.8 Å². The normalized spacial score (nSPS) is 27.6. The van der Waals surface area contributed by atoms with Crippen LogP contribution in [0, 0.1) is 11.8 Å². The summed E-state index contributed by atoms with van der Waals surface area (Å²) in [5.41, 5.74) is 0. The zero-order chi connectivity index (χ0) is 13.9. The Morgan fingerprint density at radius 3 is 2.11 bits per heavy atom. The lowest BCUT2D eigenvalue weighted by Crippen LogP contribution is -2.39. The Bertz CT molecular complexity index is 202. The summed E-state index contributed by atoms with van der Waals surface area (Å²) in [7, 11) is 0. The van der Waals surface area contributed by atoms with Crippen LogP contribution in [0.2, 0.25) is 0 Å². The molecule has 19 heavy (non-hydrogen) atoms. The second-order valence-electron chi connectivity index (χ2n) is 6.93. The molecule has 0 heterocycles. The Hall–Kier alpha value is -0.0400. The molecule has 3 unspecified atom stereocenters. The van der Waals surface area contributed by atoms with Crippen LogP contribution in [-0.4, -0.2) is 12.6 Å². The molecule has 0 aliphatic heterocycles. The van der Waals surface area contributed by atoms with Gasteiger partial charge in [0.25, 0.3) is 0 Å². The van der Waals surface area contributed by atoms with Gasteiger partial charge < -0.3 is 5.32 Å². The predicted molar refractivity (Wildman–Crippen MR) is 86.6 cm³/mol. The summed E-state index contributed by atoms with van der Waals surface area (Å²) in [4.78, 5) is 0. The predicted octanol–water partition coefficient (Wildman–Crippen LogP) is 5.54. The SMILES string of the molecule is CCCCCCCCCCNC1CCC(C)CC1C. The highest BCUT2D eigenvalue weighted by Crippen LogP contribution is 2.28. The topological polar surface area (TPSA) is 12.0 Å². The van der Waals surface area contributed by atoms with Crippen LogP contribution in [0.25, 0.3) is 0 Å². The van der Waals surface area contributed by atoms with Gasteiger partial charge in [0.2, 0.25) is 0 Å². The molecule has 3 atom stereocenters. The zero-order valence-corrected chi connectivity index (χ0v) is 13.7. The summed E-state index contributed by atoms with van der Waals surface area (Å²) in [6, 6.07) is 0.806. The van der Waals surface area contributed by atoms with Crippen molar-refractivity contribution in [3.63, 3.8) is 0 Å². The van der Waals surface area contributed by atoms with Crippen LogP contribution in [0.1, 0.15) is 91.4 Å². The van der Waals surface area contributed by atoms with Gasteiger partial charge in [0.1, 0.15) is 0 Å². The van der Waals surface area contributed by atoms with Gasteiger partial charge in [-0.25, -0.2) is 0 Å². The number of hydrogen-bond acceptors (Lipinski definition) is 1. The summed E-state index contributed by atoms with van der Waals surface area (Å²) < 4.78 is 0. The van der Waals surface area contributed by atoms with Crippen LogP contribution in [0.3, 0.4) is 0 Å². The Labute approximate surface area is 121 Å². The van der Waals surface area contributed by atoms with Crippen molar-refractivity contribution < 1.29 is 0 Å². The molecule has 1 aliphatic carbocycles. The highest BCUT2D eigenvalue weighted by atomic mass is 14.9. The van der Waals surface area contributed by atoms with Gasteiger partial charge in [0.05, 0.1) is 0 Å². The molecule has 1 saturated carbocycles. The molecule has 0 aromatic rings. The molecule has 1 heteroatoms. The first-order valence-corrected chi connectivity index (χ1v) is 8.97. The number of rotatable bonds is 10. The lowest BCUT2D eigenvalue weighted by Gasteiger charge is -2.33. The van der Waals surface area contributed by atoms with E-state index >= 15 is 0 Å². The molecule has 1 fully saturated rings. The minimum atomic E-state index is 0.806. The summed E-state index contributed by atoms with van der Waals surface area (Å²) in [5, 5.41) is 3.80. The molecule has 0 aromatic heterocycles. The molecule has 0 saturated heterocycles. The van der Waals surface area contributed by atoms with Gasteiger partial charge in [-0.3, -0.25) is 0 Å². The van der Waals surface area contributed by atoms with E-state index in [-0.39, 0.29) is 0 Å². The molecule has 1 N–H and O–H groups in total. The van der Waals surface area contributed by atoms with Crippen molar-refractivity contribution >= 4 is 0 Å². The number of hydrogen-bond donors (Lipinski definition) is 1. The smallest absolute Gasteiger partial charge is 0.00928 e. The molecule has 0 radical (unpaired) electrons. The van der Waals surface area contributed by atoms with E-state index in [1.807, 2.05) is 0 Å². The maximum Gasteiger partial charge on any atom is 0.00928 e. The Morgan fingerprint density at radius 1 is 0.842 bits per heavy atom. The summed E-state index contributed by atoms with van der Waals surface area (Å²) >= 11 is 0. The average molecular weight is 268 g/mol. The van der Waals surface area contributed by atoms with Gasteiger partial charge in [0, 0.05) is 6.04 Å². The third kappa shape index (κ3) is 7.97. The first-order valence-electron chi connectivity index (χ1n) is 8.97. The third-order valence-corrected chi connectivity index (χ3v) is 4.87. The standard InChI is InChI=1S/C18H37N/c1-4-5-6-7-8-9-10-11-14-19-18-13-12-16(2)15-17(18)3/h16-19H,4-15H2,1-3H3. The fourth-order valence-electron chi connectivity index (χ4n) is 3.51. The largest absolute Gasteiger partial charge is 0.314 e. The quantitative estimate of drug-likeness (QED) is 0.512. The summed E-state index contributed by atoms with van der Waals surface area (Å²) in [5.74, 6) is 1.84. The fourth-order valence-corrected chi connectivity index (χ4v) is 3.51. The Kier molecular flexibility index (Phi) is 9.59. The highest BCUT2D eigenvalue weighted by molar-refractivity contribution is 4.80. The van der Waals surface area contributed by atoms with E-state index in [1.54, 1.807) is 0 Å². The molecule has 0 amide bonds. The first kappa shape index (κ1) is 17.0. The van der Waals surface area contributed by atoms with E-state index in [1.165, 1.54) is 77.2 Å². The lowest BCUT2D eigenvalue weighted by atomic mass is 9.80. The number of unbranched alkanes of at least 4 members (excludes halogenated alkanes) is 7. The molecule has 1 nitrogen and oxygen atoms in total. The summed E-state index contributed by atoms with van der Waals surface area (Å²) in [6.07, 6.45) is 15.7. The Balaban J connectivity index is 1.88. The second-order valence-corrected chi connectivity index (χ2v) is 6.93. The van der Waals surface area contributed by atoms with Gasteiger partial charge in [-0.2, -0.15) is 0 Å². The van der Waals surface area contributed by atoms with Gasteiger partial charge in [0.15, 0.2) is 0 Å². The van der Waals surface area contributed by atoms with Crippen molar-refractivity contribution in [2.75, 3.05) is 6.54 Å². The van der Waals surface area contributed by atoms with Gasteiger partial charge in [-0.15, -0.1) is 0 Å². The maximum atomic E-state index is 3.80. The van der Waals surface area contributed by atoms with Crippen molar-refractivity contribution in [3.8, 4) is 0 Å². The second kappa shape index (κ2) is 10.7. The first-order chi connectivity index (χ1) is 9.24. The van der Waals surface area contributed by atoms with Crippen molar-refractivity contribution in [1.82, 2.24) is 5.32 Å². The van der Waals surface area contributed by atoms with E-state index in [2.05, 4.69) is 26.1 Å². The maximum absolute atomic E-state index is 3.80. The van der Waals surface area contributed by atoms with Crippen LogP contribution in [0.15, 0.2) is 0 Å². The van der Waals surface area contributed by atoms with Crippen LogP contribution in [0.5, 0.6) is 0 Å². The minimum Gasteiger partial charge on any atom is -0.314 e. The molecule has 0 spiro atoms. The monoisotopic (exact) mass is 267 g/mol. The molecule has 1 rings (SSSR count). The molecule has 0 bridgehead atoms. The van der Waals surface area contributed by atoms with Crippen LogP contribution >= 0.6 is 0 Å². The molecule has 1 aliphatic rings. The fraction of sp³-hybridized carbons (Fsp3) is 1.00. The Morgan fingerprint density at radius 2 is 1.47 bits per heavy atom. The average Bonchev–Trinajstić information content (AvgIpc) is 2.39. The third-order valence-electron chi connectivity index (χ3n) is 4.87. The molecule has 114 valence electrons. The molecular formula is C18H37N. The van der Waals surface area contributed by atoms with Gasteiger partial charge in [-0.05, 0) is 44.1 Å². The molecule has 0 aromatic carbocycles. The van der Waals surface area contributed by atoms with E-state index in [9.17, 15) is 0 Å².